The average Bonchev–Trinajstić information content (AvgIpc) is 3.00. The largest absolute Gasteiger partial charge is 0.383 e. The lowest BCUT2D eigenvalue weighted by atomic mass is 10.2. The number of morpholine rings is 1. The molecule has 1 aromatic heterocycles. The third kappa shape index (κ3) is 3.62. The highest BCUT2D eigenvalue weighted by Crippen LogP contribution is 2.28. The smallest absolute Gasteiger partial charge is 0.300 e. The molecule has 2 heterocycles. The fourth-order valence-electron chi connectivity index (χ4n) is 3.14. The SMILES string of the molecule is C[C@@H]1CN(CCCNc2ccc([N+](=O)[O-])c3nonc23)C[C@H](C)O1. The van der Waals surface area contributed by atoms with Crippen molar-refractivity contribution in [2.24, 2.45) is 0 Å². The van der Waals surface area contributed by atoms with Crippen LogP contribution in [0.1, 0.15) is 20.3 Å². The Hall–Kier alpha value is -2.26. The summed E-state index contributed by atoms with van der Waals surface area (Å²) in [6.07, 6.45) is 1.47. The standard InChI is InChI=1S/C15H21N5O4/c1-10-8-19(9-11(2)23-10)7-3-6-16-12-4-5-13(20(21)22)15-14(12)17-24-18-15/h4-5,10-11,16H,3,6-9H2,1-2H3/t10-,11+. The predicted octanol–water partition coefficient (Wildman–Crippen LogP) is 2.04. The van der Waals surface area contributed by atoms with Crippen molar-refractivity contribution >= 4 is 22.4 Å². The van der Waals surface area contributed by atoms with Crippen molar-refractivity contribution in [3.8, 4) is 0 Å². The molecule has 24 heavy (non-hydrogen) atoms. The molecule has 1 aliphatic heterocycles. The van der Waals surface area contributed by atoms with E-state index in [9.17, 15) is 10.1 Å². The molecular weight excluding hydrogens is 314 g/mol. The number of hydrogen-bond acceptors (Lipinski definition) is 8. The van der Waals surface area contributed by atoms with Crippen LogP contribution in [0.15, 0.2) is 16.8 Å². The maximum absolute atomic E-state index is 11.0. The second kappa shape index (κ2) is 7.10. The number of anilines is 1. The second-order valence-electron chi connectivity index (χ2n) is 6.15. The van der Waals surface area contributed by atoms with Crippen LogP contribution in [0.4, 0.5) is 11.4 Å². The van der Waals surface area contributed by atoms with Gasteiger partial charge in [-0.3, -0.25) is 15.0 Å². The molecule has 1 saturated heterocycles. The van der Waals surface area contributed by atoms with Crippen LogP contribution in [-0.4, -0.2) is 58.5 Å². The van der Waals surface area contributed by atoms with Crippen molar-refractivity contribution in [1.29, 1.82) is 0 Å². The molecule has 2 aromatic rings. The Morgan fingerprint density at radius 1 is 1.29 bits per heavy atom. The first-order chi connectivity index (χ1) is 11.5. The Labute approximate surface area is 139 Å². The van der Waals surface area contributed by atoms with Gasteiger partial charge >= 0.3 is 5.69 Å². The van der Waals surface area contributed by atoms with Gasteiger partial charge < -0.3 is 10.1 Å². The molecule has 1 N–H and O–H groups in total. The topological polar surface area (TPSA) is 107 Å². The maximum Gasteiger partial charge on any atom is 0.300 e. The summed E-state index contributed by atoms with van der Waals surface area (Å²) in [4.78, 5) is 12.9. The minimum absolute atomic E-state index is 0.104. The minimum atomic E-state index is -0.489. The van der Waals surface area contributed by atoms with E-state index in [-0.39, 0.29) is 23.4 Å². The Morgan fingerprint density at radius 3 is 2.71 bits per heavy atom. The Kier molecular flexibility index (Phi) is 4.91. The van der Waals surface area contributed by atoms with Gasteiger partial charge in [0.25, 0.3) is 0 Å². The van der Waals surface area contributed by atoms with Crippen molar-refractivity contribution in [2.45, 2.75) is 32.5 Å². The maximum atomic E-state index is 11.0. The number of aromatic nitrogens is 2. The molecule has 0 bridgehead atoms. The van der Waals surface area contributed by atoms with E-state index in [1.54, 1.807) is 6.07 Å². The normalized spacial score (nSPS) is 21.9. The van der Waals surface area contributed by atoms with Gasteiger partial charge in [0.05, 0.1) is 22.8 Å². The third-order valence-electron chi connectivity index (χ3n) is 4.05. The number of rotatable bonds is 6. The van der Waals surface area contributed by atoms with Gasteiger partial charge in [0.1, 0.15) is 0 Å². The zero-order valence-electron chi connectivity index (χ0n) is 13.8. The first-order valence-corrected chi connectivity index (χ1v) is 8.06. The average molecular weight is 335 g/mol. The van der Waals surface area contributed by atoms with Gasteiger partial charge in [0, 0.05) is 32.2 Å². The Morgan fingerprint density at radius 2 is 2.00 bits per heavy atom. The number of nitro groups is 1. The van der Waals surface area contributed by atoms with Crippen LogP contribution in [0, 0.1) is 10.1 Å². The Balaban J connectivity index is 1.56. The number of non-ortho nitro benzene ring substituents is 1. The van der Waals surface area contributed by atoms with Gasteiger partial charge in [-0.25, -0.2) is 4.63 Å². The number of hydrogen-bond donors (Lipinski definition) is 1. The summed E-state index contributed by atoms with van der Waals surface area (Å²) in [5, 5.41) is 21.6. The molecule has 3 rings (SSSR count). The number of benzene rings is 1. The first-order valence-electron chi connectivity index (χ1n) is 8.06. The highest BCUT2D eigenvalue weighted by molar-refractivity contribution is 5.93. The van der Waals surface area contributed by atoms with Crippen LogP contribution < -0.4 is 5.32 Å². The molecule has 130 valence electrons. The van der Waals surface area contributed by atoms with Crippen LogP contribution >= 0.6 is 0 Å². The van der Waals surface area contributed by atoms with Crippen molar-refractivity contribution < 1.29 is 14.3 Å². The van der Waals surface area contributed by atoms with Gasteiger partial charge in [-0.05, 0) is 36.6 Å². The number of fused-ring (bicyclic) bond motifs is 1. The molecule has 0 amide bonds. The fourth-order valence-corrected chi connectivity index (χ4v) is 3.14. The van der Waals surface area contributed by atoms with Crippen molar-refractivity contribution in [3.05, 3.63) is 22.2 Å². The Bertz CT molecular complexity index is 709. The summed E-state index contributed by atoms with van der Waals surface area (Å²) in [6, 6.07) is 3.06. The number of ether oxygens (including phenoxy) is 1. The number of nitrogens with one attached hydrogen (secondary N) is 1. The van der Waals surface area contributed by atoms with Crippen LogP contribution in [0.25, 0.3) is 11.0 Å². The molecule has 1 aliphatic rings. The molecule has 0 saturated carbocycles. The zero-order valence-corrected chi connectivity index (χ0v) is 13.8. The van der Waals surface area contributed by atoms with Crippen LogP contribution in [0.2, 0.25) is 0 Å². The van der Waals surface area contributed by atoms with E-state index in [1.165, 1.54) is 6.07 Å². The zero-order chi connectivity index (χ0) is 17.1. The summed E-state index contributed by atoms with van der Waals surface area (Å²) < 4.78 is 10.4. The number of nitrogens with zero attached hydrogens (tertiary/aromatic N) is 4. The summed E-state index contributed by atoms with van der Waals surface area (Å²) in [7, 11) is 0. The third-order valence-corrected chi connectivity index (χ3v) is 4.05. The minimum Gasteiger partial charge on any atom is -0.383 e. The monoisotopic (exact) mass is 335 g/mol. The summed E-state index contributed by atoms with van der Waals surface area (Å²) >= 11 is 0. The van der Waals surface area contributed by atoms with E-state index in [2.05, 4.69) is 39.0 Å². The van der Waals surface area contributed by atoms with Gasteiger partial charge in [-0.2, -0.15) is 0 Å². The van der Waals surface area contributed by atoms with Crippen molar-refractivity contribution in [2.75, 3.05) is 31.5 Å². The summed E-state index contributed by atoms with van der Waals surface area (Å²) in [5.41, 5.74) is 1.15. The second-order valence-corrected chi connectivity index (χ2v) is 6.15. The lowest BCUT2D eigenvalue weighted by molar-refractivity contribution is -0.383. The van der Waals surface area contributed by atoms with E-state index in [4.69, 9.17) is 4.74 Å². The molecule has 0 spiro atoms. The summed E-state index contributed by atoms with van der Waals surface area (Å²) in [6.45, 7) is 7.77. The molecule has 2 atom stereocenters. The molecule has 1 fully saturated rings. The van der Waals surface area contributed by atoms with E-state index in [0.717, 1.165) is 32.6 Å². The molecule has 1 aromatic carbocycles. The molecule has 9 nitrogen and oxygen atoms in total. The molecule has 9 heteroatoms. The van der Waals surface area contributed by atoms with E-state index in [1.807, 2.05) is 0 Å². The van der Waals surface area contributed by atoms with Crippen LogP contribution in [0.3, 0.4) is 0 Å². The van der Waals surface area contributed by atoms with E-state index >= 15 is 0 Å². The van der Waals surface area contributed by atoms with Gasteiger partial charge in [0.15, 0.2) is 5.52 Å². The highest BCUT2D eigenvalue weighted by atomic mass is 16.6. The molecular formula is C15H21N5O4. The van der Waals surface area contributed by atoms with Gasteiger partial charge in [-0.1, -0.05) is 0 Å². The van der Waals surface area contributed by atoms with Crippen LogP contribution in [0.5, 0.6) is 0 Å². The first kappa shape index (κ1) is 16.6. The van der Waals surface area contributed by atoms with Gasteiger partial charge in [0.2, 0.25) is 5.52 Å². The molecule has 0 radical (unpaired) electrons. The molecule has 0 unspecified atom stereocenters. The predicted molar refractivity (Wildman–Crippen MR) is 88.0 cm³/mol. The molecule has 0 aliphatic carbocycles. The van der Waals surface area contributed by atoms with Crippen LogP contribution in [-0.2, 0) is 4.74 Å². The fraction of sp³-hybridized carbons (Fsp3) is 0.600. The van der Waals surface area contributed by atoms with Gasteiger partial charge in [-0.15, -0.1) is 0 Å². The summed E-state index contributed by atoms with van der Waals surface area (Å²) in [5.74, 6) is 0. The van der Waals surface area contributed by atoms with E-state index < -0.39 is 4.92 Å². The quantitative estimate of drug-likeness (QED) is 0.485. The van der Waals surface area contributed by atoms with Crippen molar-refractivity contribution in [1.82, 2.24) is 15.2 Å². The highest BCUT2D eigenvalue weighted by Gasteiger charge is 2.22. The van der Waals surface area contributed by atoms with E-state index in [0.29, 0.717) is 11.2 Å². The lowest BCUT2D eigenvalue weighted by Gasteiger charge is -2.35. The number of nitro benzene ring substituents is 1. The lowest BCUT2D eigenvalue weighted by Crippen LogP contribution is -2.45. The van der Waals surface area contributed by atoms with Crippen molar-refractivity contribution in [3.63, 3.8) is 0 Å².